The van der Waals surface area contributed by atoms with E-state index in [0.29, 0.717) is 18.9 Å². The van der Waals surface area contributed by atoms with Gasteiger partial charge in [0.25, 0.3) is 0 Å². The van der Waals surface area contributed by atoms with Gasteiger partial charge in [-0.2, -0.15) is 0 Å². The Hall–Kier alpha value is -2.29. The molecule has 0 aliphatic rings. The number of rotatable bonds is 6. The number of anilines is 2. The minimum Gasteiger partial charge on any atom is -0.385 e. The van der Waals surface area contributed by atoms with E-state index in [1.165, 1.54) is 5.56 Å². The van der Waals surface area contributed by atoms with Crippen molar-refractivity contribution < 1.29 is 4.79 Å². The number of amides is 1. The number of carbonyl (C=O) groups excluding carboxylic acids is 1. The summed E-state index contributed by atoms with van der Waals surface area (Å²) < 4.78 is 0. The molecule has 0 aliphatic carbocycles. The zero-order chi connectivity index (χ0) is 15.1. The summed E-state index contributed by atoms with van der Waals surface area (Å²) in [5, 5.41) is 6.24. The maximum atomic E-state index is 12.0. The van der Waals surface area contributed by atoms with Crippen molar-refractivity contribution in [2.45, 2.75) is 26.2 Å². The standard InChI is InChI=1S/C18H22N2O/c1-14(2)16-10-6-7-11-17(16)20-18(21)12-13-19-15-8-4-3-5-9-15/h3-11,14,19H,12-13H2,1-2H3,(H,20,21). The van der Waals surface area contributed by atoms with Crippen LogP contribution in [0.25, 0.3) is 0 Å². The molecule has 2 aromatic carbocycles. The van der Waals surface area contributed by atoms with Gasteiger partial charge in [-0.05, 0) is 29.7 Å². The van der Waals surface area contributed by atoms with Gasteiger partial charge < -0.3 is 10.6 Å². The molecule has 2 N–H and O–H groups in total. The normalized spacial score (nSPS) is 10.4. The lowest BCUT2D eigenvalue weighted by atomic mass is 10.0. The lowest BCUT2D eigenvalue weighted by Crippen LogP contribution is -2.17. The molecule has 0 aromatic heterocycles. The van der Waals surface area contributed by atoms with Crippen LogP contribution in [-0.2, 0) is 4.79 Å². The van der Waals surface area contributed by atoms with Crippen LogP contribution in [0.2, 0.25) is 0 Å². The molecule has 2 aromatic rings. The molecule has 110 valence electrons. The van der Waals surface area contributed by atoms with Crippen molar-refractivity contribution in [1.29, 1.82) is 0 Å². The first kappa shape index (κ1) is 15.1. The highest BCUT2D eigenvalue weighted by atomic mass is 16.1. The SMILES string of the molecule is CC(C)c1ccccc1NC(=O)CCNc1ccccc1. The average Bonchev–Trinajstić information content (AvgIpc) is 2.48. The molecule has 0 heterocycles. The molecule has 21 heavy (non-hydrogen) atoms. The van der Waals surface area contributed by atoms with Gasteiger partial charge in [0.2, 0.25) is 5.91 Å². The Morgan fingerprint density at radius 2 is 1.67 bits per heavy atom. The molecule has 0 saturated carbocycles. The number of hydrogen-bond donors (Lipinski definition) is 2. The van der Waals surface area contributed by atoms with Crippen LogP contribution in [-0.4, -0.2) is 12.5 Å². The van der Waals surface area contributed by atoms with E-state index in [1.54, 1.807) is 0 Å². The third-order valence-electron chi connectivity index (χ3n) is 3.31. The smallest absolute Gasteiger partial charge is 0.226 e. The van der Waals surface area contributed by atoms with Gasteiger partial charge >= 0.3 is 0 Å². The van der Waals surface area contributed by atoms with Crippen LogP contribution in [0, 0.1) is 0 Å². The van der Waals surface area contributed by atoms with Crippen LogP contribution in [0.1, 0.15) is 31.7 Å². The van der Waals surface area contributed by atoms with E-state index in [4.69, 9.17) is 0 Å². The minimum atomic E-state index is 0.0338. The van der Waals surface area contributed by atoms with Crippen molar-refractivity contribution in [3.63, 3.8) is 0 Å². The van der Waals surface area contributed by atoms with Gasteiger partial charge in [-0.3, -0.25) is 4.79 Å². The Balaban J connectivity index is 1.85. The highest BCUT2D eigenvalue weighted by Crippen LogP contribution is 2.23. The molecule has 0 atom stereocenters. The molecule has 0 fully saturated rings. The number of carbonyl (C=O) groups is 1. The Morgan fingerprint density at radius 1 is 1.00 bits per heavy atom. The summed E-state index contributed by atoms with van der Waals surface area (Å²) in [5.41, 5.74) is 3.12. The van der Waals surface area contributed by atoms with E-state index in [0.717, 1.165) is 11.4 Å². The van der Waals surface area contributed by atoms with Crippen molar-refractivity contribution in [2.75, 3.05) is 17.2 Å². The Bertz CT molecular complexity index is 579. The van der Waals surface area contributed by atoms with Gasteiger partial charge in [-0.1, -0.05) is 50.2 Å². The van der Waals surface area contributed by atoms with E-state index in [2.05, 4.69) is 30.5 Å². The molecular weight excluding hydrogens is 260 g/mol. The molecule has 0 radical (unpaired) electrons. The van der Waals surface area contributed by atoms with Crippen molar-refractivity contribution >= 4 is 17.3 Å². The fraction of sp³-hybridized carbons (Fsp3) is 0.278. The second kappa shape index (κ2) is 7.48. The molecule has 0 saturated heterocycles. The summed E-state index contributed by atoms with van der Waals surface area (Å²) in [6.45, 7) is 4.88. The molecule has 0 unspecified atom stereocenters. The number of hydrogen-bond acceptors (Lipinski definition) is 2. The van der Waals surface area contributed by atoms with E-state index >= 15 is 0 Å². The van der Waals surface area contributed by atoms with Crippen LogP contribution < -0.4 is 10.6 Å². The van der Waals surface area contributed by atoms with Gasteiger partial charge in [-0.15, -0.1) is 0 Å². The predicted octanol–water partition coefficient (Wildman–Crippen LogP) is 4.25. The summed E-state index contributed by atoms with van der Waals surface area (Å²) in [6, 6.07) is 17.9. The third-order valence-corrected chi connectivity index (χ3v) is 3.31. The number of nitrogens with one attached hydrogen (secondary N) is 2. The maximum absolute atomic E-state index is 12.0. The summed E-state index contributed by atoms with van der Waals surface area (Å²) in [6.07, 6.45) is 0.446. The molecule has 1 amide bonds. The zero-order valence-electron chi connectivity index (χ0n) is 12.6. The van der Waals surface area contributed by atoms with Crippen molar-refractivity contribution in [3.05, 3.63) is 60.2 Å². The summed E-state index contributed by atoms with van der Waals surface area (Å²) in [4.78, 5) is 12.0. The Labute approximate surface area is 126 Å². The fourth-order valence-electron chi connectivity index (χ4n) is 2.20. The van der Waals surface area contributed by atoms with Gasteiger partial charge in [0, 0.05) is 24.3 Å². The zero-order valence-corrected chi connectivity index (χ0v) is 12.6. The van der Waals surface area contributed by atoms with E-state index in [1.807, 2.05) is 48.5 Å². The molecule has 3 heteroatoms. The number of para-hydroxylation sites is 2. The lowest BCUT2D eigenvalue weighted by molar-refractivity contribution is -0.115. The third kappa shape index (κ3) is 4.63. The van der Waals surface area contributed by atoms with Crippen molar-refractivity contribution in [2.24, 2.45) is 0 Å². The molecule has 0 spiro atoms. The fourth-order valence-corrected chi connectivity index (χ4v) is 2.20. The molecule has 2 rings (SSSR count). The molecule has 3 nitrogen and oxygen atoms in total. The van der Waals surface area contributed by atoms with E-state index < -0.39 is 0 Å². The maximum Gasteiger partial charge on any atom is 0.226 e. The average molecular weight is 282 g/mol. The predicted molar refractivity (Wildman–Crippen MR) is 88.7 cm³/mol. The monoisotopic (exact) mass is 282 g/mol. The van der Waals surface area contributed by atoms with Crippen molar-refractivity contribution in [3.8, 4) is 0 Å². The minimum absolute atomic E-state index is 0.0338. The first-order valence-electron chi connectivity index (χ1n) is 7.34. The van der Waals surface area contributed by atoms with E-state index in [9.17, 15) is 4.79 Å². The van der Waals surface area contributed by atoms with Crippen molar-refractivity contribution in [1.82, 2.24) is 0 Å². The van der Waals surface area contributed by atoms with Crippen LogP contribution in [0.4, 0.5) is 11.4 Å². The van der Waals surface area contributed by atoms with Gasteiger partial charge in [0.1, 0.15) is 0 Å². The van der Waals surface area contributed by atoms with Gasteiger partial charge in [-0.25, -0.2) is 0 Å². The molecule has 0 bridgehead atoms. The topological polar surface area (TPSA) is 41.1 Å². The van der Waals surface area contributed by atoms with Crippen LogP contribution >= 0.6 is 0 Å². The molecule has 0 aliphatic heterocycles. The summed E-state index contributed by atoms with van der Waals surface area (Å²) in [7, 11) is 0. The number of benzene rings is 2. The second-order valence-electron chi connectivity index (χ2n) is 5.33. The Kier molecular flexibility index (Phi) is 5.38. The summed E-state index contributed by atoms with van der Waals surface area (Å²) in [5.74, 6) is 0.426. The van der Waals surface area contributed by atoms with Crippen LogP contribution in [0.15, 0.2) is 54.6 Å². The molecular formula is C18H22N2O. The largest absolute Gasteiger partial charge is 0.385 e. The van der Waals surface area contributed by atoms with Crippen LogP contribution in [0.3, 0.4) is 0 Å². The first-order valence-corrected chi connectivity index (χ1v) is 7.34. The lowest BCUT2D eigenvalue weighted by Gasteiger charge is -2.13. The highest BCUT2D eigenvalue weighted by molar-refractivity contribution is 5.91. The van der Waals surface area contributed by atoms with Gasteiger partial charge in [0.05, 0.1) is 0 Å². The van der Waals surface area contributed by atoms with Gasteiger partial charge in [0.15, 0.2) is 0 Å². The summed E-state index contributed by atoms with van der Waals surface area (Å²) >= 11 is 0. The first-order chi connectivity index (χ1) is 10.2. The van der Waals surface area contributed by atoms with E-state index in [-0.39, 0.29) is 5.91 Å². The second-order valence-corrected chi connectivity index (χ2v) is 5.33. The van der Waals surface area contributed by atoms with Crippen LogP contribution in [0.5, 0.6) is 0 Å². The quantitative estimate of drug-likeness (QED) is 0.831. The Morgan fingerprint density at radius 3 is 2.38 bits per heavy atom. The highest BCUT2D eigenvalue weighted by Gasteiger charge is 2.08.